The summed E-state index contributed by atoms with van der Waals surface area (Å²) in [4.78, 5) is 51.6. The Morgan fingerprint density at radius 2 is 1.34 bits per heavy atom. The van der Waals surface area contributed by atoms with Gasteiger partial charge in [0, 0.05) is 17.9 Å². The van der Waals surface area contributed by atoms with Gasteiger partial charge in [0.2, 0.25) is 17.7 Å². The summed E-state index contributed by atoms with van der Waals surface area (Å²) in [5.74, 6) is -2.79. The molecular weight excluding hydrogens is 586 g/mol. The molecule has 0 saturated carbocycles. The summed E-state index contributed by atoms with van der Waals surface area (Å²) in [5.41, 5.74) is 12.7. The van der Waals surface area contributed by atoms with Crippen LogP contribution in [0.3, 0.4) is 0 Å². The number of benzene rings is 2. The zero-order valence-electron chi connectivity index (χ0n) is 25.1. The summed E-state index contributed by atoms with van der Waals surface area (Å²) in [6.07, 6.45) is 4.89. The van der Waals surface area contributed by atoms with E-state index >= 15 is 0 Å². The molecule has 3 amide bonds. The maximum Gasteiger partial charge on any atom is 0.326 e. The molecule has 0 heterocycles. The van der Waals surface area contributed by atoms with E-state index in [0.29, 0.717) is 42.9 Å². The largest absolute Gasteiger partial charge is 0.480 e. The summed E-state index contributed by atoms with van der Waals surface area (Å²) in [5, 5.41) is 18.2. The van der Waals surface area contributed by atoms with Crippen molar-refractivity contribution in [3.63, 3.8) is 0 Å². The van der Waals surface area contributed by atoms with Gasteiger partial charge in [-0.25, -0.2) is 4.79 Å². The number of carbonyl (C=O) groups excluding carboxylic acids is 3. The van der Waals surface area contributed by atoms with Gasteiger partial charge in [-0.05, 0) is 68.5 Å². The number of carboxylic acid groups (broad SMARTS) is 1. The van der Waals surface area contributed by atoms with Crippen molar-refractivity contribution in [3.8, 4) is 0 Å². The van der Waals surface area contributed by atoms with Crippen molar-refractivity contribution in [3.05, 3.63) is 70.7 Å². The number of hydrogen-bond acceptors (Lipinski definition) is 7. The molecule has 8 N–H and O–H groups in total. The highest BCUT2D eigenvalue weighted by atomic mass is 35.5. The monoisotopic (exact) mass is 631 g/mol. The third-order valence-corrected chi connectivity index (χ3v) is 7.21. The molecule has 0 aliphatic heterocycles. The Bertz CT molecular complexity index is 1150. The van der Waals surface area contributed by atoms with Crippen LogP contribution < -0.4 is 27.4 Å². The molecule has 2 aromatic carbocycles. The fraction of sp³-hybridized carbons (Fsp3) is 0.500. The predicted octanol–water partition coefficient (Wildman–Crippen LogP) is 2.68. The Balaban J connectivity index is 2.18. The van der Waals surface area contributed by atoms with E-state index in [-0.39, 0.29) is 38.4 Å². The van der Waals surface area contributed by atoms with Crippen LogP contribution >= 0.6 is 11.6 Å². The number of unbranched alkanes of at least 4 members (excludes halogenated alkanes) is 4. The number of nitrogens with one attached hydrogen (secondary N) is 3. The zero-order valence-corrected chi connectivity index (χ0v) is 25.9. The number of rotatable bonds is 22. The summed E-state index contributed by atoms with van der Waals surface area (Å²) in [7, 11) is 0. The minimum absolute atomic E-state index is 0.0660. The van der Waals surface area contributed by atoms with E-state index in [2.05, 4.69) is 16.0 Å². The maximum atomic E-state index is 13.6. The molecule has 44 heavy (non-hydrogen) atoms. The predicted molar refractivity (Wildman–Crippen MR) is 170 cm³/mol. The number of aliphatic carboxylic acids is 1. The van der Waals surface area contributed by atoms with Crippen molar-refractivity contribution in [1.82, 2.24) is 16.0 Å². The van der Waals surface area contributed by atoms with E-state index in [1.54, 1.807) is 24.3 Å². The van der Waals surface area contributed by atoms with Gasteiger partial charge in [-0.1, -0.05) is 66.9 Å². The van der Waals surface area contributed by atoms with Crippen LogP contribution in [0.5, 0.6) is 0 Å². The van der Waals surface area contributed by atoms with Crippen molar-refractivity contribution in [1.29, 1.82) is 0 Å². The minimum atomic E-state index is -1.18. The van der Waals surface area contributed by atoms with Gasteiger partial charge in [-0.2, -0.15) is 0 Å². The zero-order chi connectivity index (χ0) is 32.2. The van der Waals surface area contributed by atoms with Gasteiger partial charge >= 0.3 is 5.97 Å². The first-order valence-electron chi connectivity index (χ1n) is 15.1. The Morgan fingerprint density at radius 1 is 0.727 bits per heavy atom. The third kappa shape index (κ3) is 14.8. The van der Waals surface area contributed by atoms with Gasteiger partial charge in [0.1, 0.15) is 18.1 Å². The second-order valence-corrected chi connectivity index (χ2v) is 11.1. The Labute approximate surface area is 264 Å². The van der Waals surface area contributed by atoms with E-state index in [1.165, 1.54) is 0 Å². The molecule has 0 fully saturated rings. The van der Waals surface area contributed by atoms with E-state index in [1.807, 2.05) is 30.3 Å². The number of hydrogen-bond donors (Lipinski definition) is 6. The molecule has 0 spiro atoms. The molecule has 2 rings (SSSR count). The molecule has 242 valence electrons. The lowest BCUT2D eigenvalue weighted by atomic mass is 10.0. The van der Waals surface area contributed by atoms with Crippen molar-refractivity contribution >= 4 is 35.3 Å². The Hall–Kier alpha value is -3.51. The molecule has 0 radical (unpaired) electrons. The first kappa shape index (κ1) is 36.7. The fourth-order valence-electron chi connectivity index (χ4n) is 4.46. The molecule has 0 bridgehead atoms. The molecule has 2 aromatic rings. The first-order chi connectivity index (χ1) is 21.2. The van der Waals surface area contributed by atoms with Crippen molar-refractivity contribution < 1.29 is 29.0 Å². The standard InChI is InChI=1S/C32H46ClN5O6/c33-25-16-14-23(15-17-25)20-27(30(40)37-26(32(42)43)12-7-9-19-35)38-31(41)28(22-44-21-24-10-4-3-5-11-24)36-29(39)13-6-1-2-8-18-34/h3-5,10-11,14-17,26-28H,1-2,6-9,12-13,18-22,34-35H2,(H,36,39)(H,37,40)(H,38,41)(H,42,43)/t26-,27+,28-/m0/s1. The van der Waals surface area contributed by atoms with Gasteiger partial charge in [0.15, 0.2) is 0 Å². The van der Waals surface area contributed by atoms with Crippen LogP contribution in [-0.4, -0.2) is 66.6 Å². The molecule has 12 heteroatoms. The van der Waals surface area contributed by atoms with Crippen LogP contribution in [-0.2, 0) is 36.9 Å². The molecule has 0 unspecified atom stereocenters. The quantitative estimate of drug-likeness (QED) is 0.107. The van der Waals surface area contributed by atoms with Gasteiger partial charge < -0.3 is 37.3 Å². The van der Waals surface area contributed by atoms with Gasteiger partial charge in [-0.3, -0.25) is 14.4 Å². The molecule has 0 aliphatic carbocycles. The molecule has 3 atom stereocenters. The summed E-state index contributed by atoms with van der Waals surface area (Å²) >= 11 is 6.02. The van der Waals surface area contributed by atoms with E-state index in [9.17, 15) is 24.3 Å². The lowest BCUT2D eigenvalue weighted by molar-refractivity contribution is -0.142. The van der Waals surface area contributed by atoms with Crippen LogP contribution in [0, 0.1) is 0 Å². The normalized spacial score (nSPS) is 13.0. The lowest BCUT2D eigenvalue weighted by Crippen LogP contribution is -2.57. The summed E-state index contributed by atoms with van der Waals surface area (Å²) in [6, 6.07) is 12.8. The smallest absolute Gasteiger partial charge is 0.326 e. The average molecular weight is 632 g/mol. The van der Waals surface area contributed by atoms with Crippen LogP contribution in [0.25, 0.3) is 0 Å². The van der Waals surface area contributed by atoms with E-state index < -0.39 is 35.9 Å². The van der Waals surface area contributed by atoms with Crippen LogP contribution in [0.1, 0.15) is 62.5 Å². The average Bonchev–Trinajstić information content (AvgIpc) is 3.01. The van der Waals surface area contributed by atoms with Crippen molar-refractivity contribution in [2.45, 2.75) is 82.5 Å². The van der Waals surface area contributed by atoms with E-state index in [4.69, 9.17) is 27.8 Å². The molecule has 11 nitrogen and oxygen atoms in total. The number of halogens is 1. The summed E-state index contributed by atoms with van der Waals surface area (Å²) < 4.78 is 5.79. The fourth-order valence-corrected chi connectivity index (χ4v) is 4.59. The highest BCUT2D eigenvalue weighted by molar-refractivity contribution is 6.30. The third-order valence-electron chi connectivity index (χ3n) is 6.95. The SMILES string of the molecule is NCCCCCCC(=O)N[C@@H](COCc1ccccc1)C(=O)N[C@H](Cc1ccc(Cl)cc1)C(=O)N[C@@H](CCCCN)C(=O)O. The number of carboxylic acids is 1. The van der Waals surface area contributed by atoms with Crippen LogP contribution in [0.15, 0.2) is 54.6 Å². The maximum absolute atomic E-state index is 13.6. The Kier molecular flexibility index (Phi) is 17.7. The Morgan fingerprint density at radius 3 is 2.00 bits per heavy atom. The number of nitrogens with two attached hydrogens (primary N) is 2. The van der Waals surface area contributed by atoms with Gasteiger partial charge in [0.05, 0.1) is 13.2 Å². The molecule has 0 aromatic heterocycles. The highest BCUT2D eigenvalue weighted by Crippen LogP contribution is 2.12. The number of ether oxygens (including phenoxy) is 1. The van der Waals surface area contributed by atoms with E-state index in [0.717, 1.165) is 24.8 Å². The second kappa shape index (κ2) is 21.2. The molecule has 0 saturated heterocycles. The van der Waals surface area contributed by atoms with Crippen molar-refractivity contribution in [2.75, 3.05) is 19.7 Å². The number of amides is 3. The van der Waals surface area contributed by atoms with Gasteiger partial charge in [0.25, 0.3) is 0 Å². The van der Waals surface area contributed by atoms with Gasteiger partial charge in [-0.15, -0.1) is 0 Å². The minimum Gasteiger partial charge on any atom is -0.480 e. The van der Waals surface area contributed by atoms with Crippen LogP contribution in [0.4, 0.5) is 0 Å². The lowest BCUT2D eigenvalue weighted by Gasteiger charge is -2.25. The van der Waals surface area contributed by atoms with Crippen LogP contribution in [0.2, 0.25) is 5.02 Å². The first-order valence-corrected chi connectivity index (χ1v) is 15.5. The molecule has 0 aliphatic rings. The van der Waals surface area contributed by atoms with Crippen molar-refractivity contribution in [2.24, 2.45) is 11.5 Å². The highest BCUT2D eigenvalue weighted by Gasteiger charge is 2.30. The topological polar surface area (TPSA) is 186 Å². The summed E-state index contributed by atoms with van der Waals surface area (Å²) in [6.45, 7) is 1.09. The second-order valence-electron chi connectivity index (χ2n) is 10.6. The molecular formula is C32H46ClN5O6. The number of carbonyl (C=O) groups is 4.